The molecule has 1 aliphatic carbocycles. The third-order valence-corrected chi connectivity index (χ3v) is 2.50. The van der Waals surface area contributed by atoms with Crippen molar-refractivity contribution in [3.63, 3.8) is 0 Å². The first-order valence-corrected chi connectivity index (χ1v) is 5.20. The molecule has 0 unspecified atom stereocenters. The molecule has 1 aliphatic rings. The highest BCUT2D eigenvalue weighted by atomic mass is 16.3. The van der Waals surface area contributed by atoms with E-state index in [1.165, 1.54) is 12.8 Å². The molecule has 1 atom stereocenters. The van der Waals surface area contributed by atoms with Crippen molar-refractivity contribution >= 4 is 0 Å². The second kappa shape index (κ2) is 4.15. The predicted molar refractivity (Wildman–Crippen MR) is 53.8 cm³/mol. The number of aliphatic hydroxyl groups is 1. The maximum Gasteiger partial charge on any atom is 0.117 e. The minimum Gasteiger partial charge on any atom is -0.468 e. The summed E-state index contributed by atoms with van der Waals surface area (Å²) in [6.07, 6.45) is 3.95. The standard InChI is InChI=1S/C11H17NO2/c1-9(13)7-12(10-4-5-10)8-11-3-2-6-14-11/h2-3,6,9-10,13H,4-5,7-8H2,1H3/t9-/m0/s1. The first kappa shape index (κ1) is 9.74. The van der Waals surface area contributed by atoms with E-state index in [0.717, 1.165) is 18.8 Å². The Hall–Kier alpha value is -0.800. The van der Waals surface area contributed by atoms with Crippen LogP contribution in [0.15, 0.2) is 22.8 Å². The highest BCUT2D eigenvalue weighted by Crippen LogP contribution is 2.28. The largest absolute Gasteiger partial charge is 0.468 e. The summed E-state index contributed by atoms with van der Waals surface area (Å²) >= 11 is 0. The van der Waals surface area contributed by atoms with Crippen molar-refractivity contribution in [2.24, 2.45) is 0 Å². The summed E-state index contributed by atoms with van der Waals surface area (Å²) in [7, 11) is 0. The summed E-state index contributed by atoms with van der Waals surface area (Å²) in [6, 6.07) is 4.55. The molecule has 1 aromatic rings. The fourth-order valence-corrected chi connectivity index (χ4v) is 1.72. The summed E-state index contributed by atoms with van der Waals surface area (Å²) in [5.74, 6) is 0.984. The Morgan fingerprint density at radius 1 is 1.64 bits per heavy atom. The quantitative estimate of drug-likeness (QED) is 0.775. The molecule has 3 nitrogen and oxygen atoms in total. The average molecular weight is 195 g/mol. The Morgan fingerprint density at radius 2 is 2.43 bits per heavy atom. The van der Waals surface area contributed by atoms with Gasteiger partial charge in [-0.3, -0.25) is 4.90 Å². The van der Waals surface area contributed by atoms with Crippen LogP contribution in [0.3, 0.4) is 0 Å². The molecule has 14 heavy (non-hydrogen) atoms. The third kappa shape index (κ3) is 2.59. The van der Waals surface area contributed by atoms with Crippen molar-refractivity contribution < 1.29 is 9.52 Å². The summed E-state index contributed by atoms with van der Waals surface area (Å²) in [5, 5.41) is 9.36. The van der Waals surface area contributed by atoms with Gasteiger partial charge in [0.2, 0.25) is 0 Å². The fourth-order valence-electron chi connectivity index (χ4n) is 1.72. The van der Waals surface area contributed by atoms with Gasteiger partial charge in [0.15, 0.2) is 0 Å². The zero-order chi connectivity index (χ0) is 9.97. The topological polar surface area (TPSA) is 36.6 Å². The molecular formula is C11H17NO2. The van der Waals surface area contributed by atoms with Crippen LogP contribution in [-0.4, -0.2) is 28.7 Å². The predicted octanol–water partition coefficient (Wildman–Crippen LogP) is 1.62. The van der Waals surface area contributed by atoms with Crippen LogP contribution in [0.4, 0.5) is 0 Å². The van der Waals surface area contributed by atoms with E-state index in [4.69, 9.17) is 4.42 Å². The molecular weight excluding hydrogens is 178 g/mol. The zero-order valence-electron chi connectivity index (χ0n) is 8.52. The van der Waals surface area contributed by atoms with Gasteiger partial charge in [0.05, 0.1) is 18.9 Å². The lowest BCUT2D eigenvalue weighted by Crippen LogP contribution is -2.32. The molecule has 1 aromatic heterocycles. The fraction of sp³-hybridized carbons (Fsp3) is 0.636. The number of nitrogens with zero attached hydrogens (tertiary/aromatic N) is 1. The highest BCUT2D eigenvalue weighted by Gasteiger charge is 2.29. The molecule has 0 saturated heterocycles. The van der Waals surface area contributed by atoms with Crippen molar-refractivity contribution in [2.45, 2.75) is 38.5 Å². The van der Waals surface area contributed by atoms with E-state index in [0.29, 0.717) is 6.04 Å². The smallest absolute Gasteiger partial charge is 0.117 e. The SMILES string of the molecule is C[C@H](O)CN(Cc1ccco1)C1CC1. The number of furan rings is 1. The van der Waals surface area contributed by atoms with E-state index >= 15 is 0 Å². The number of hydrogen-bond donors (Lipinski definition) is 1. The number of aliphatic hydroxyl groups excluding tert-OH is 1. The minimum atomic E-state index is -0.259. The van der Waals surface area contributed by atoms with Gasteiger partial charge < -0.3 is 9.52 Å². The number of hydrogen-bond acceptors (Lipinski definition) is 3. The van der Waals surface area contributed by atoms with Gasteiger partial charge >= 0.3 is 0 Å². The Labute approximate surface area is 84.3 Å². The van der Waals surface area contributed by atoms with E-state index in [-0.39, 0.29) is 6.10 Å². The van der Waals surface area contributed by atoms with Crippen LogP contribution < -0.4 is 0 Å². The summed E-state index contributed by atoms with van der Waals surface area (Å²) < 4.78 is 5.30. The maximum absolute atomic E-state index is 9.36. The monoisotopic (exact) mass is 195 g/mol. The van der Waals surface area contributed by atoms with E-state index in [9.17, 15) is 5.11 Å². The van der Waals surface area contributed by atoms with E-state index in [2.05, 4.69) is 4.90 Å². The Kier molecular flexibility index (Phi) is 2.89. The average Bonchev–Trinajstić information content (AvgIpc) is 2.85. The van der Waals surface area contributed by atoms with Crippen LogP contribution in [0, 0.1) is 0 Å². The van der Waals surface area contributed by atoms with Gasteiger partial charge in [0, 0.05) is 12.6 Å². The van der Waals surface area contributed by atoms with Gasteiger partial charge in [-0.2, -0.15) is 0 Å². The first-order chi connectivity index (χ1) is 6.75. The van der Waals surface area contributed by atoms with Crippen LogP contribution in [0.25, 0.3) is 0 Å². The van der Waals surface area contributed by atoms with Crippen LogP contribution in [-0.2, 0) is 6.54 Å². The highest BCUT2D eigenvalue weighted by molar-refractivity contribution is 4.99. The molecule has 0 radical (unpaired) electrons. The molecule has 3 heteroatoms. The van der Waals surface area contributed by atoms with E-state index < -0.39 is 0 Å². The van der Waals surface area contributed by atoms with Gasteiger partial charge in [-0.1, -0.05) is 0 Å². The van der Waals surface area contributed by atoms with E-state index in [1.807, 2.05) is 19.1 Å². The molecule has 0 aromatic carbocycles. The second-order valence-corrected chi connectivity index (χ2v) is 4.09. The Balaban J connectivity index is 1.90. The van der Waals surface area contributed by atoms with Crippen LogP contribution in [0.1, 0.15) is 25.5 Å². The Bertz CT molecular complexity index is 265. The van der Waals surface area contributed by atoms with Crippen molar-refractivity contribution in [2.75, 3.05) is 6.54 Å². The van der Waals surface area contributed by atoms with Gasteiger partial charge in [-0.05, 0) is 31.9 Å². The van der Waals surface area contributed by atoms with Gasteiger partial charge in [-0.15, -0.1) is 0 Å². The number of rotatable bonds is 5. The summed E-state index contributed by atoms with van der Waals surface area (Å²) in [4.78, 5) is 2.30. The summed E-state index contributed by atoms with van der Waals surface area (Å²) in [5.41, 5.74) is 0. The molecule has 1 fully saturated rings. The lowest BCUT2D eigenvalue weighted by atomic mass is 10.3. The molecule has 1 heterocycles. The minimum absolute atomic E-state index is 0.259. The van der Waals surface area contributed by atoms with Crippen molar-refractivity contribution in [1.82, 2.24) is 4.90 Å². The Morgan fingerprint density at radius 3 is 2.93 bits per heavy atom. The first-order valence-electron chi connectivity index (χ1n) is 5.20. The van der Waals surface area contributed by atoms with E-state index in [1.54, 1.807) is 6.26 Å². The lowest BCUT2D eigenvalue weighted by Gasteiger charge is -2.22. The van der Waals surface area contributed by atoms with Crippen molar-refractivity contribution in [1.29, 1.82) is 0 Å². The molecule has 0 aliphatic heterocycles. The molecule has 0 amide bonds. The molecule has 1 saturated carbocycles. The maximum atomic E-state index is 9.36. The van der Waals surface area contributed by atoms with Gasteiger partial charge in [0.1, 0.15) is 5.76 Å². The van der Waals surface area contributed by atoms with Crippen molar-refractivity contribution in [3.8, 4) is 0 Å². The molecule has 1 N–H and O–H groups in total. The molecule has 2 rings (SSSR count). The van der Waals surface area contributed by atoms with Gasteiger partial charge in [0.25, 0.3) is 0 Å². The molecule has 78 valence electrons. The summed E-state index contributed by atoms with van der Waals surface area (Å²) in [6.45, 7) is 3.39. The molecule has 0 spiro atoms. The third-order valence-electron chi connectivity index (χ3n) is 2.50. The normalized spacial score (nSPS) is 18.8. The van der Waals surface area contributed by atoms with Crippen LogP contribution >= 0.6 is 0 Å². The molecule has 0 bridgehead atoms. The second-order valence-electron chi connectivity index (χ2n) is 4.09. The zero-order valence-corrected chi connectivity index (χ0v) is 8.52. The van der Waals surface area contributed by atoms with Gasteiger partial charge in [-0.25, -0.2) is 0 Å². The van der Waals surface area contributed by atoms with Crippen molar-refractivity contribution in [3.05, 3.63) is 24.2 Å². The van der Waals surface area contributed by atoms with Crippen LogP contribution in [0.5, 0.6) is 0 Å². The lowest BCUT2D eigenvalue weighted by molar-refractivity contribution is 0.113. The van der Waals surface area contributed by atoms with Crippen LogP contribution in [0.2, 0.25) is 0 Å².